The number of hydrogen-bond acceptors (Lipinski definition) is 6. The maximum atomic E-state index is 12.0. The lowest BCUT2D eigenvalue weighted by molar-refractivity contribution is -0.384. The summed E-state index contributed by atoms with van der Waals surface area (Å²) >= 11 is 0. The van der Waals surface area contributed by atoms with E-state index in [0.717, 1.165) is 0 Å². The normalized spacial score (nSPS) is 14.2. The molecule has 1 atom stereocenters. The molecule has 0 fully saturated rings. The predicted molar refractivity (Wildman–Crippen MR) is 64.6 cm³/mol. The molecule has 0 bridgehead atoms. The Labute approximate surface area is 104 Å². The summed E-state index contributed by atoms with van der Waals surface area (Å²) in [5.74, 6) is 0.173. The molecule has 1 aromatic carbocycles. The molecule has 7 nitrogen and oxygen atoms in total. The molecule has 0 radical (unpaired) electrons. The molecule has 0 spiro atoms. The van der Waals surface area contributed by atoms with Gasteiger partial charge in [-0.25, -0.2) is 4.57 Å². The lowest BCUT2D eigenvalue weighted by atomic mass is 10.3. The molecule has 0 N–H and O–H groups in total. The molecule has 1 aromatic rings. The van der Waals surface area contributed by atoms with Crippen molar-refractivity contribution in [2.75, 3.05) is 7.11 Å². The van der Waals surface area contributed by atoms with Crippen molar-refractivity contribution < 1.29 is 23.1 Å². The highest BCUT2D eigenvalue weighted by Gasteiger charge is 2.28. The van der Waals surface area contributed by atoms with Gasteiger partial charge >= 0.3 is 7.82 Å². The fourth-order valence-corrected chi connectivity index (χ4v) is 2.22. The maximum Gasteiger partial charge on any atom is 0.530 e. The molecular weight excluding hydrogens is 261 g/mol. The molecule has 18 heavy (non-hydrogen) atoms. The number of nitrogens with zero attached hydrogens (tertiary/aromatic N) is 1. The van der Waals surface area contributed by atoms with Crippen LogP contribution in [0.2, 0.25) is 0 Å². The van der Waals surface area contributed by atoms with Crippen molar-refractivity contribution in [2.24, 2.45) is 0 Å². The number of phosphoric ester groups is 1. The van der Waals surface area contributed by atoms with Gasteiger partial charge in [0.25, 0.3) is 5.69 Å². The third-order valence-electron chi connectivity index (χ3n) is 1.83. The summed E-state index contributed by atoms with van der Waals surface area (Å²) in [4.78, 5) is 9.92. The predicted octanol–water partition coefficient (Wildman–Crippen LogP) is 3.15. The van der Waals surface area contributed by atoms with Crippen molar-refractivity contribution in [2.45, 2.75) is 20.0 Å². The number of nitro benzene ring substituents is 1. The molecular formula is C10H14NO6P. The van der Waals surface area contributed by atoms with Crippen LogP contribution in [0.25, 0.3) is 0 Å². The van der Waals surface area contributed by atoms with E-state index in [1.165, 1.54) is 31.4 Å². The molecule has 0 aliphatic heterocycles. The van der Waals surface area contributed by atoms with Gasteiger partial charge in [-0.15, -0.1) is 0 Å². The second-order valence-corrected chi connectivity index (χ2v) is 5.28. The van der Waals surface area contributed by atoms with Crippen molar-refractivity contribution in [1.82, 2.24) is 0 Å². The van der Waals surface area contributed by atoms with Crippen molar-refractivity contribution in [3.63, 3.8) is 0 Å². The molecule has 0 saturated heterocycles. The smallest absolute Gasteiger partial charge is 0.404 e. The highest BCUT2D eigenvalue weighted by Crippen LogP contribution is 2.49. The molecule has 0 heterocycles. The lowest BCUT2D eigenvalue weighted by Crippen LogP contribution is -2.06. The monoisotopic (exact) mass is 275 g/mol. The first kappa shape index (κ1) is 14.6. The van der Waals surface area contributed by atoms with Crippen LogP contribution in [0.4, 0.5) is 5.69 Å². The van der Waals surface area contributed by atoms with Crippen molar-refractivity contribution >= 4 is 13.5 Å². The van der Waals surface area contributed by atoms with Crippen LogP contribution in [0.15, 0.2) is 24.3 Å². The number of nitro groups is 1. The van der Waals surface area contributed by atoms with Crippen LogP contribution in [-0.4, -0.2) is 18.1 Å². The van der Waals surface area contributed by atoms with Crippen molar-refractivity contribution in [1.29, 1.82) is 0 Å². The Balaban J connectivity index is 2.82. The topological polar surface area (TPSA) is 87.9 Å². The molecule has 0 aliphatic carbocycles. The Kier molecular flexibility index (Phi) is 4.84. The van der Waals surface area contributed by atoms with Crippen LogP contribution in [0.1, 0.15) is 13.8 Å². The SMILES string of the molecule is CO[P@](=O)(Oc1ccc([N+](=O)[O-])cc1)OC(C)C. The summed E-state index contributed by atoms with van der Waals surface area (Å²) in [7, 11) is -2.48. The highest BCUT2D eigenvalue weighted by molar-refractivity contribution is 7.48. The first-order chi connectivity index (χ1) is 8.36. The van der Waals surface area contributed by atoms with Crippen LogP contribution >= 0.6 is 7.82 Å². The maximum absolute atomic E-state index is 12.0. The minimum atomic E-state index is -3.69. The number of rotatable bonds is 6. The number of hydrogen-bond donors (Lipinski definition) is 0. The molecule has 0 aromatic heterocycles. The van der Waals surface area contributed by atoms with Gasteiger partial charge in [-0.1, -0.05) is 0 Å². The van der Waals surface area contributed by atoms with Crippen molar-refractivity contribution in [3.05, 3.63) is 34.4 Å². The first-order valence-corrected chi connectivity index (χ1v) is 6.60. The third kappa shape index (κ3) is 4.10. The summed E-state index contributed by atoms with van der Waals surface area (Å²) in [5.41, 5.74) is -0.0839. The summed E-state index contributed by atoms with van der Waals surface area (Å²) in [6.07, 6.45) is -0.339. The summed E-state index contributed by atoms with van der Waals surface area (Å²) in [6.45, 7) is 3.37. The fourth-order valence-electron chi connectivity index (χ4n) is 1.12. The average Bonchev–Trinajstić information content (AvgIpc) is 2.28. The molecule has 8 heteroatoms. The lowest BCUT2D eigenvalue weighted by Gasteiger charge is -2.18. The number of phosphoric acid groups is 1. The van der Waals surface area contributed by atoms with Gasteiger partial charge in [-0.05, 0) is 26.0 Å². The van der Waals surface area contributed by atoms with E-state index in [2.05, 4.69) is 0 Å². The zero-order chi connectivity index (χ0) is 13.8. The second-order valence-electron chi connectivity index (χ2n) is 3.63. The minimum Gasteiger partial charge on any atom is -0.404 e. The molecule has 1 rings (SSSR count). The van der Waals surface area contributed by atoms with Gasteiger partial charge in [-0.2, -0.15) is 0 Å². The summed E-state index contributed by atoms with van der Waals surface area (Å²) in [6, 6.07) is 5.14. The van der Waals surface area contributed by atoms with E-state index in [4.69, 9.17) is 13.6 Å². The minimum absolute atomic E-state index is 0.0839. The Morgan fingerprint density at radius 2 is 1.83 bits per heavy atom. The molecule has 0 unspecified atom stereocenters. The van der Waals surface area contributed by atoms with Gasteiger partial charge in [0.1, 0.15) is 5.75 Å². The Hall–Kier alpha value is -1.43. The van der Waals surface area contributed by atoms with Crippen molar-refractivity contribution in [3.8, 4) is 5.75 Å². The Morgan fingerprint density at radius 1 is 1.28 bits per heavy atom. The van der Waals surface area contributed by atoms with E-state index >= 15 is 0 Å². The Morgan fingerprint density at radius 3 is 2.22 bits per heavy atom. The second kappa shape index (κ2) is 5.95. The van der Waals surface area contributed by atoms with Crippen LogP contribution in [0.3, 0.4) is 0 Å². The third-order valence-corrected chi connectivity index (χ3v) is 3.39. The van der Waals surface area contributed by atoms with Gasteiger partial charge in [0, 0.05) is 19.2 Å². The summed E-state index contributed by atoms with van der Waals surface area (Å²) in [5, 5.41) is 10.5. The van der Waals surface area contributed by atoms with Gasteiger partial charge in [-0.3, -0.25) is 19.2 Å². The van der Waals surface area contributed by atoms with E-state index in [9.17, 15) is 14.7 Å². The van der Waals surface area contributed by atoms with E-state index in [1.807, 2.05) is 0 Å². The standard InChI is InChI=1S/C10H14NO6P/c1-8(2)16-18(14,15-3)17-10-6-4-9(5-7-10)11(12)13/h4-8H,1-3H3/t18-/m0/s1. The molecule has 0 aliphatic rings. The largest absolute Gasteiger partial charge is 0.530 e. The van der Waals surface area contributed by atoms with Gasteiger partial charge in [0.15, 0.2) is 0 Å². The summed E-state index contributed by atoms with van der Waals surface area (Å²) < 4.78 is 26.8. The zero-order valence-corrected chi connectivity index (χ0v) is 11.1. The highest BCUT2D eigenvalue weighted by atomic mass is 31.2. The molecule has 0 saturated carbocycles. The van der Waals surface area contributed by atoms with Crippen LogP contribution in [0.5, 0.6) is 5.75 Å². The number of benzene rings is 1. The van der Waals surface area contributed by atoms with Crippen LogP contribution in [-0.2, 0) is 13.6 Å². The van der Waals surface area contributed by atoms with Gasteiger partial charge in [0.2, 0.25) is 0 Å². The molecule has 0 amide bonds. The quantitative estimate of drug-likeness (QED) is 0.450. The zero-order valence-electron chi connectivity index (χ0n) is 10.2. The van der Waals surface area contributed by atoms with E-state index in [-0.39, 0.29) is 17.5 Å². The molecule has 100 valence electrons. The number of non-ortho nitro benzene ring substituents is 1. The van der Waals surface area contributed by atoms with E-state index in [1.54, 1.807) is 13.8 Å². The average molecular weight is 275 g/mol. The fraction of sp³-hybridized carbons (Fsp3) is 0.400. The van der Waals surface area contributed by atoms with Crippen LogP contribution < -0.4 is 4.52 Å². The Bertz CT molecular complexity index is 458. The first-order valence-electron chi connectivity index (χ1n) is 5.14. The van der Waals surface area contributed by atoms with E-state index in [0.29, 0.717) is 0 Å². The van der Waals surface area contributed by atoms with Crippen LogP contribution in [0, 0.1) is 10.1 Å². The van der Waals surface area contributed by atoms with Gasteiger partial charge in [0.05, 0.1) is 11.0 Å². The van der Waals surface area contributed by atoms with E-state index < -0.39 is 12.7 Å². The van der Waals surface area contributed by atoms with Gasteiger partial charge < -0.3 is 4.52 Å².